The minimum absolute atomic E-state index is 0.0734. The number of aryl methyl sites for hydroxylation is 1. The maximum Gasteiger partial charge on any atom is 0.169 e. The van der Waals surface area contributed by atoms with E-state index in [0.717, 1.165) is 0 Å². The summed E-state index contributed by atoms with van der Waals surface area (Å²) in [4.78, 5) is 13.5. The Labute approximate surface area is 151 Å². The predicted octanol–water partition coefficient (Wildman–Crippen LogP) is 5.65. The van der Waals surface area contributed by atoms with Crippen LogP contribution in [0.4, 0.5) is 4.39 Å². The molecule has 1 aromatic carbocycles. The summed E-state index contributed by atoms with van der Waals surface area (Å²) in [5.41, 5.74) is -0.226. The van der Waals surface area contributed by atoms with E-state index in [2.05, 4.69) is 0 Å². The Balaban J connectivity index is 2.22. The number of nitrogens with zero attached hydrogens (tertiary/aromatic N) is 1. The molecule has 2 aromatic rings. The number of fused-ring (bicyclic) bond motifs is 1. The molecule has 1 aliphatic carbocycles. The molecule has 0 saturated heterocycles. The number of hydrogen-bond acceptors (Lipinski definition) is 1. The molecule has 24 heavy (non-hydrogen) atoms. The van der Waals surface area contributed by atoms with Crippen molar-refractivity contribution < 1.29 is 16.0 Å². The van der Waals surface area contributed by atoms with Gasteiger partial charge in [0.15, 0.2) is 5.78 Å². The molecule has 1 saturated carbocycles. The third-order valence-corrected chi connectivity index (χ3v) is 5.98. The minimum atomic E-state index is -0.421. The molecule has 3 rings (SSSR count). The van der Waals surface area contributed by atoms with Gasteiger partial charge in [0, 0.05) is 35.1 Å². The molecule has 130 valence electrons. The van der Waals surface area contributed by atoms with Gasteiger partial charge in [0.2, 0.25) is 0 Å². The van der Waals surface area contributed by atoms with Crippen LogP contribution in [0.1, 0.15) is 64.2 Å². The average molecular weight is 334 g/mol. The average Bonchev–Trinajstić information content (AvgIpc) is 2.91. The first-order valence-electron chi connectivity index (χ1n) is 11.1. The molecule has 1 aromatic heterocycles. The Morgan fingerprint density at radius 3 is 2.46 bits per heavy atom. The highest BCUT2D eigenvalue weighted by atomic mass is 19.1. The van der Waals surface area contributed by atoms with Gasteiger partial charge in [-0.2, -0.15) is 0 Å². The monoisotopic (exact) mass is 334 g/mol. The van der Waals surface area contributed by atoms with E-state index in [-0.39, 0.29) is 63.3 Å². The molecule has 0 radical (unpaired) electrons. The molecule has 2 nitrogen and oxygen atoms in total. The quantitative estimate of drug-likeness (QED) is 0.474. The lowest BCUT2D eigenvalue weighted by Gasteiger charge is -2.04. The van der Waals surface area contributed by atoms with Crippen molar-refractivity contribution in [3.63, 3.8) is 0 Å². The van der Waals surface area contributed by atoms with E-state index >= 15 is 0 Å². The molecule has 0 amide bonds. The van der Waals surface area contributed by atoms with Gasteiger partial charge in [-0.25, -0.2) is 0 Å². The third kappa shape index (κ3) is 2.58. The lowest BCUT2D eigenvalue weighted by atomic mass is 10.0. The van der Waals surface area contributed by atoms with Crippen LogP contribution in [0.2, 0.25) is 0 Å². The predicted molar refractivity (Wildman–Crippen MR) is 97.1 cm³/mol. The highest BCUT2D eigenvalue weighted by Crippen LogP contribution is 2.69. The molecule has 0 aliphatic heterocycles. The Hall–Kier alpha value is -1.64. The van der Waals surface area contributed by atoms with Gasteiger partial charge >= 0.3 is 0 Å². The fourth-order valence-corrected chi connectivity index (χ4v) is 3.82. The number of ketones is 1. The van der Waals surface area contributed by atoms with Crippen LogP contribution < -0.4 is 0 Å². The summed E-state index contributed by atoms with van der Waals surface area (Å²) in [5, 5.41) is 0.134. The molecule has 0 unspecified atom stereocenters. The number of carbonyl (C=O) groups excluding carboxylic acids is 1. The highest BCUT2D eigenvalue weighted by molar-refractivity contribution is 6.11. The summed E-state index contributed by atoms with van der Waals surface area (Å²) in [5.74, 6) is -0.550. The van der Waals surface area contributed by atoms with Gasteiger partial charge in [-0.3, -0.25) is 9.18 Å². The molecule has 0 N–H and O–H groups in total. The number of unbranched alkanes of at least 4 members (excludes halogenated alkanes) is 2. The number of rotatable bonds is 7. The van der Waals surface area contributed by atoms with Crippen molar-refractivity contribution >= 4 is 16.7 Å². The molecule has 1 fully saturated rings. The second-order valence-electron chi connectivity index (χ2n) is 7.85. The van der Waals surface area contributed by atoms with Gasteiger partial charge in [0.25, 0.3) is 0 Å². The van der Waals surface area contributed by atoms with Crippen LogP contribution in [0.15, 0.2) is 30.3 Å². The van der Waals surface area contributed by atoms with Gasteiger partial charge in [0.05, 0.1) is 13.5 Å². The van der Waals surface area contributed by atoms with Crippen LogP contribution in [0, 0.1) is 16.7 Å². The van der Waals surface area contributed by atoms with Crippen molar-refractivity contribution in [3.05, 3.63) is 35.9 Å². The summed E-state index contributed by atoms with van der Waals surface area (Å²) in [7, 11) is 0. The molecule has 1 heterocycles. The van der Waals surface area contributed by atoms with Crippen molar-refractivity contribution in [1.82, 2.24) is 4.57 Å². The van der Waals surface area contributed by atoms with E-state index in [0.29, 0.717) is 25.8 Å². The highest BCUT2D eigenvalue weighted by Gasteiger charge is 2.68. The summed E-state index contributed by atoms with van der Waals surface area (Å²) < 4.78 is 55.4. The van der Waals surface area contributed by atoms with E-state index in [1.54, 1.807) is 0 Å². The van der Waals surface area contributed by atoms with Gasteiger partial charge < -0.3 is 4.57 Å². The zero-order valence-corrected chi connectivity index (χ0v) is 14.8. The lowest BCUT2D eigenvalue weighted by molar-refractivity contribution is 0.0946. The minimum Gasteiger partial charge on any atom is -0.347 e. The van der Waals surface area contributed by atoms with E-state index in [4.69, 9.17) is 6.85 Å². The van der Waals surface area contributed by atoms with Gasteiger partial charge in [-0.15, -0.1) is 0 Å². The molecule has 0 bridgehead atoms. The Morgan fingerprint density at radius 2 is 1.83 bits per heavy atom. The largest absolute Gasteiger partial charge is 0.347 e. The summed E-state index contributed by atoms with van der Waals surface area (Å²) in [6.07, 6.45) is 1.50. The zero-order valence-electron chi connectivity index (χ0n) is 19.8. The Kier molecular flexibility index (Phi) is 2.97. The summed E-state index contributed by atoms with van der Waals surface area (Å²) >= 11 is 0. The van der Waals surface area contributed by atoms with Crippen molar-refractivity contribution in [1.29, 1.82) is 0 Å². The number of Topliss-reactive ketones (excluding diaryl/α,β-unsaturated/α-hetero) is 1. The van der Waals surface area contributed by atoms with Crippen LogP contribution in [-0.4, -0.2) is 17.0 Å². The molecule has 0 atom stereocenters. The van der Waals surface area contributed by atoms with Crippen molar-refractivity contribution in [3.8, 4) is 0 Å². The Bertz CT molecular complexity index is 981. The first kappa shape index (κ1) is 11.8. The molecular weight excluding hydrogens is 301 g/mol. The van der Waals surface area contributed by atoms with E-state index in [9.17, 15) is 9.18 Å². The second kappa shape index (κ2) is 6.02. The topological polar surface area (TPSA) is 22.0 Å². The van der Waals surface area contributed by atoms with E-state index in [1.807, 2.05) is 27.7 Å². The first-order chi connectivity index (χ1) is 13.4. The van der Waals surface area contributed by atoms with Crippen LogP contribution in [-0.2, 0) is 6.54 Å². The number of halogens is 1. The smallest absolute Gasteiger partial charge is 0.169 e. The van der Waals surface area contributed by atoms with Crippen LogP contribution in [0.25, 0.3) is 10.9 Å². The van der Waals surface area contributed by atoms with Crippen LogP contribution >= 0.6 is 0 Å². The normalized spacial score (nSPS) is 21.8. The van der Waals surface area contributed by atoms with Crippen LogP contribution in [0.3, 0.4) is 0 Å². The lowest BCUT2D eigenvalue weighted by Crippen LogP contribution is -2.07. The zero-order chi connectivity index (χ0) is 21.9. The number of benzene rings is 1. The number of hydrogen-bond donors (Lipinski definition) is 0. The maximum absolute atomic E-state index is 13.5. The Morgan fingerprint density at radius 1 is 1.17 bits per heavy atom. The van der Waals surface area contributed by atoms with Crippen molar-refractivity contribution in [2.75, 3.05) is 6.67 Å². The molecular formula is C21H28FNO. The molecule has 1 aliphatic rings. The maximum atomic E-state index is 13.5. The first-order valence-corrected chi connectivity index (χ1v) is 8.60. The number of carbonyl (C=O) groups is 1. The fraction of sp³-hybridized carbons (Fsp3) is 0.571. The number of para-hydroxylation sites is 1. The molecule has 3 heteroatoms. The number of aromatic nitrogens is 1. The van der Waals surface area contributed by atoms with Crippen molar-refractivity contribution in [2.24, 2.45) is 16.7 Å². The van der Waals surface area contributed by atoms with Gasteiger partial charge in [0.1, 0.15) is 0 Å². The number of alkyl halides is 1. The fourth-order valence-electron chi connectivity index (χ4n) is 3.82. The third-order valence-electron chi connectivity index (χ3n) is 5.98. The van der Waals surface area contributed by atoms with Crippen LogP contribution in [0.5, 0.6) is 0 Å². The van der Waals surface area contributed by atoms with Crippen molar-refractivity contribution in [2.45, 2.75) is 53.5 Å². The summed E-state index contributed by atoms with van der Waals surface area (Å²) in [6.45, 7) is 7.91. The molecule has 0 spiro atoms. The van der Waals surface area contributed by atoms with E-state index in [1.165, 1.54) is 4.57 Å². The van der Waals surface area contributed by atoms with E-state index < -0.39 is 12.7 Å². The standard InChI is InChI=1S/C21H28FNO/c1-20(2)19(21(20,3)4)18(24)16-14-23(13-9-5-8-12-22)17-11-7-6-10-15(16)17/h6-7,10-11,14,19H,5,8-9,12-13H2,1-4H3/i6D,7D,10D,11D,14D. The van der Waals surface area contributed by atoms with Gasteiger partial charge in [-0.05, 0) is 36.1 Å². The van der Waals surface area contributed by atoms with Gasteiger partial charge in [-0.1, -0.05) is 45.8 Å². The summed E-state index contributed by atoms with van der Waals surface area (Å²) in [6, 6.07) is -1.30. The SMILES string of the molecule is [2H]c1c([2H])c([2H])c2c(c1[2H])c(C(=O)C1C(C)(C)C1(C)C)c([2H])n2CCCCCF. The second-order valence-corrected chi connectivity index (χ2v) is 7.85.